The number of carbonyl (C=O) groups excluding carboxylic acids is 1. The Hall–Kier alpha value is -1.82. The maximum absolute atomic E-state index is 13.1. The number of thioether (sulfide) groups is 1. The van der Waals surface area contributed by atoms with Gasteiger partial charge in [-0.1, -0.05) is 42.5 Å². The summed E-state index contributed by atoms with van der Waals surface area (Å²) in [5.41, 5.74) is 1.79. The summed E-state index contributed by atoms with van der Waals surface area (Å²) >= 11 is 1.51. The van der Waals surface area contributed by atoms with Crippen molar-refractivity contribution in [2.45, 2.75) is 24.0 Å². The van der Waals surface area contributed by atoms with Crippen molar-refractivity contribution in [2.75, 3.05) is 25.4 Å². The second kappa shape index (κ2) is 8.52. The molecule has 0 spiro atoms. The number of morpholine rings is 1. The fourth-order valence-corrected chi connectivity index (χ4v) is 3.86. The van der Waals surface area contributed by atoms with Gasteiger partial charge in [0.05, 0.1) is 24.8 Å². The zero-order valence-electron chi connectivity index (χ0n) is 14.3. The highest BCUT2D eigenvalue weighted by Gasteiger charge is 2.30. The number of rotatable bonds is 5. The van der Waals surface area contributed by atoms with Gasteiger partial charge in [-0.25, -0.2) is 0 Å². The monoisotopic (exact) mass is 357 g/mol. The SMILES string of the molecule is C[C@@H]1CN(C(=O)c2ccccc2SCCO)C[C@@H](c2ccccc2)O1. The molecule has 132 valence electrons. The van der Waals surface area contributed by atoms with E-state index in [0.717, 1.165) is 10.5 Å². The maximum atomic E-state index is 13.1. The molecule has 0 aromatic heterocycles. The molecule has 2 aromatic rings. The molecule has 0 unspecified atom stereocenters. The van der Waals surface area contributed by atoms with E-state index < -0.39 is 0 Å². The van der Waals surface area contributed by atoms with Crippen molar-refractivity contribution in [3.05, 3.63) is 65.7 Å². The molecule has 2 atom stereocenters. The molecule has 1 fully saturated rings. The molecule has 25 heavy (non-hydrogen) atoms. The van der Waals surface area contributed by atoms with Gasteiger partial charge < -0.3 is 14.7 Å². The Balaban J connectivity index is 1.80. The molecule has 1 heterocycles. The van der Waals surface area contributed by atoms with E-state index in [0.29, 0.717) is 24.4 Å². The number of hydrogen-bond donors (Lipinski definition) is 1. The van der Waals surface area contributed by atoms with Crippen LogP contribution in [0.2, 0.25) is 0 Å². The van der Waals surface area contributed by atoms with Crippen molar-refractivity contribution in [2.24, 2.45) is 0 Å². The summed E-state index contributed by atoms with van der Waals surface area (Å²) in [5, 5.41) is 9.07. The van der Waals surface area contributed by atoms with E-state index in [1.54, 1.807) is 0 Å². The van der Waals surface area contributed by atoms with Crippen molar-refractivity contribution < 1.29 is 14.6 Å². The van der Waals surface area contributed by atoms with Crippen LogP contribution in [0.1, 0.15) is 28.9 Å². The molecule has 5 heteroatoms. The first kappa shape index (κ1) is 18.0. The number of aliphatic hydroxyl groups is 1. The van der Waals surface area contributed by atoms with Crippen LogP contribution in [-0.2, 0) is 4.74 Å². The second-order valence-corrected chi connectivity index (χ2v) is 7.26. The Labute approximate surface area is 152 Å². The van der Waals surface area contributed by atoms with Crippen molar-refractivity contribution in [1.29, 1.82) is 0 Å². The van der Waals surface area contributed by atoms with E-state index in [4.69, 9.17) is 9.84 Å². The average Bonchev–Trinajstić information content (AvgIpc) is 2.66. The third-order valence-corrected chi connectivity index (χ3v) is 5.24. The lowest BCUT2D eigenvalue weighted by molar-refractivity contribution is -0.0692. The fourth-order valence-electron chi connectivity index (χ4n) is 3.06. The van der Waals surface area contributed by atoms with Gasteiger partial charge in [-0.15, -0.1) is 11.8 Å². The molecule has 1 aliphatic rings. The lowest BCUT2D eigenvalue weighted by Crippen LogP contribution is -2.46. The van der Waals surface area contributed by atoms with Gasteiger partial charge in [0.2, 0.25) is 0 Å². The van der Waals surface area contributed by atoms with Gasteiger partial charge >= 0.3 is 0 Å². The largest absolute Gasteiger partial charge is 0.396 e. The Morgan fingerprint density at radius 1 is 1.16 bits per heavy atom. The van der Waals surface area contributed by atoms with Crippen LogP contribution >= 0.6 is 11.8 Å². The molecule has 3 rings (SSSR count). The number of carbonyl (C=O) groups is 1. The van der Waals surface area contributed by atoms with Crippen LogP contribution in [-0.4, -0.2) is 47.5 Å². The predicted molar refractivity (Wildman–Crippen MR) is 99.9 cm³/mol. The third-order valence-electron chi connectivity index (χ3n) is 4.19. The minimum absolute atomic E-state index is 0.0137. The molecule has 1 saturated heterocycles. The molecule has 1 N–H and O–H groups in total. The van der Waals surface area contributed by atoms with Gasteiger partial charge in [0.15, 0.2) is 0 Å². The van der Waals surface area contributed by atoms with Crippen molar-refractivity contribution in [3.8, 4) is 0 Å². The summed E-state index contributed by atoms with van der Waals surface area (Å²) in [7, 11) is 0. The molecule has 0 saturated carbocycles. The number of aliphatic hydroxyl groups excluding tert-OH is 1. The van der Waals surface area contributed by atoms with Gasteiger partial charge in [0.1, 0.15) is 6.10 Å². The van der Waals surface area contributed by atoms with Crippen LogP contribution in [0.3, 0.4) is 0 Å². The highest BCUT2D eigenvalue weighted by atomic mass is 32.2. The van der Waals surface area contributed by atoms with E-state index in [-0.39, 0.29) is 24.7 Å². The van der Waals surface area contributed by atoms with E-state index in [1.807, 2.05) is 66.4 Å². The molecule has 0 bridgehead atoms. The molecular weight excluding hydrogens is 334 g/mol. The average molecular weight is 357 g/mol. The Morgan fingerprint density at radius 2 is 1.88 bits per heavy atom. The van der Waals surface area contributed by atoms with E-state index in [9.17, 15) is 4.79 Å². The Kier molecular flexibility index (Phi) is 6.13. The van der Waals surface area contributed by atoms with Gasteiger partial charge in [-0.2, -0.15) is 0 Å². The minimum atomic E-state index is -0.105. The number of benzene rings is 2. The molecular formula is C20H23NO3S. The lowest BCUT2D eigenvalue weighted by atomic mass is 10.1. The summed E-state index contributed by atoms with van der Waals surface area (Å²) < 4.78 is 6.05. The first-order valence-corrected chi connectivity index (χ1v) is 9.50. The van der Waals surface area contributed by atoms with Crippen molar-refractivity contribution in [3.63, 3.8) is 0 Å². The number of nitrogens with zero attached hydrogens (tertiary/aromatic N) is 1. The molecule has 2 aromatic carbocycles. The van der Waals surface area contributed by atoms with E-state index in [1.165, 1.54) is 11.8 Å². The number of ether oxygens (including phenoxy) is 1. The van der Waals surface area contributed by atoms with Gasteiger partial charge in [-0.3, -0.25) is 4.79 Å². The van der Waals surface area contributed by atoms with Crippen LogP contribution in [0.25, 0.3) is 0 Å². The maximum Gasteiger partial charge on any atom is 0.255 e. The zero-order chi connectivity index (χ0) is 17.6. The Morgan fingerprint density at radius 3 is 2.64 bits per heavy atom. The topological polar surface area (TPSA) is 49.8 Å². The first-order valence-electron chi connectivity index (χ1n) is 8.51. The van der Waals surface area contributed by atoms with Crippen molar-refractivity contribution >= 4 is 17.7 Å². The smallest absolute Gasteiger partial charge is 0.255 e. The van der Waals surface area contributed by atoms with Crippen molar-refractivity contribution in [1.82, 2.24) is 4.90 Å². The minimum Gasteiger partial charge on any atom is -0.396 e. The van der Waals surface area contributed by atoms with Gasteiger partial charge in [0, 0.05) is 17.2 Å². The third kappa shape index (κ3) is 4.42. The quantitative estimate of drug-likeness (QED) is 0.834. The second-order valence-electron chi connectivity index (χ2n) is 6.12. The van der Waals surface area contributed by atoms with Crippen LogP contribution in [0.15, 0.2) is 59.5 Å². The standard InChI is InChI=1S/C20H23NO3S/c1-15-13-21(14-18(24-15)16-7-3-2-4-8-16)20(23)17-9-5-6-10-19(17)25-12-11-22/h2-10,15,18,22H,11-14H2,1H3/t15-,18+/m1/s1. The Bertz CT molecular complexity index is 707. The molecule has 1 amide bonds. The summed E-state index contributed by atoms with van der Waals surface area (Å²) in [6, 6.07) is 17.6. The lowest BCUT2D eigenvalue weighted by Gasteiger charge is -2.37. The summed E-state index contributed by atoms with van der Waals surface area (Å²) in [6.45, 7) is 3.23. The summed E-state index contributed by atoms with van der Waals surface area (Å²) in [4.78, 5) is 15.9. The van der Waals surface area contributed by atoms with Crippen LogP contribution in [0.5, 0.6) is 0 Å². The van der Waals surface area contributed by atoms with Crippen LogP contribution in [0.4, 0.5) is 0 Å². The summed E-state index contributed by atoms with van der Waals surface area (Å²) in [6.07, 6.45) is -0.119. The summed E-state index contributed by atoms with van der Waals surface area (Å²) in [5.74, 6) is 0.605. The van der Waals surface area contributed by atoms with E-state index >= 15 is 0 Å². The molecule has 0 aliphatic carbocycles. The highest BCUT2D eigenvalue weighted by molar-refractivity contribution is 7.99. The number of amides is 1. The van der Waals surface area contributed by atoms with Crippen LogP contribution in [0, 0.1) is 0 Å². The van der Waals surface area contributed by atoms with Crippen LogP contribution < -0.4 is 0 Å². The molecule has 4 nitrogen and oxygen atoms in total. The molecule has 0 radical (unpaired) electrons. The van der Waals surface area contributed by atoms with E-state index in [2.05, 4.69) is 0 Å². The zero-order valence-corrected chi connectivity index (χ0v) is 15.1. The number of hydrogen-bond acceptors (Lipinski definition) is 4. The fraction of sp³-hybridized carbons (Fsp3) is 0.350. The van der Waals surface area contributed by atoms with Gasteiger partial charge in [-0.05, 0) is 24.6 Å². The first-order chi connectivity index (χ1) is 12.2. The normalized spacial score (nSPS) is 20.5. The highest BCUT2D eigenvalue weighted by Crippen LogP contribution is 2.28. The van der Waals surface area contributed by atoms with Gasteiger partial charge in [0.25, 0.3) is 5.91 Å². The predicted octanol–water partition coefficient (Wildman–Crippen LogP) is 3.37. The molecule has 1 aliphatic heterocycles.